The van der Waals surface area contributed by atoms with E-state index in [1.165, 1.54) is 30.3 Å². The zero-order valence-corrected chi connectivity index (χ0v) is 19.4. The number of pyridine rings is 1. The summed E-state index contributed by atoms with van der Waals surface area (Å²) < 4.78 is 28.8. The third-order valence-electron chi connectivity index (χ3n) is 5.70. The van der Waals surface area contributed by atoms with Crippen LogP contribution in [0.25, 0.3) is 22.4 Å². The Hall–Kier alpha value is -4.02. The second-order valence-electron chi connectivity index (χ2n) is 8.11. The number of aromatic nitrogens is 2. The standard InChI is InChI=1S/C24H25FN4O6/c1-3-33-24(32)29-10-8-17(9-11-29)26-20(30)13-34-23(31)18-12-19(15-4-6-16(25)7-5-15)27-22-21(18)14(2)28-35-22/h4-7,12,17H,3,8-11,13H2,1-2H3,(H,26,30). The van der Waals surface area contributed by atoms with Gasteiger partial charge < -0.3 is 24.2 Å². The lowest BCUT2D eigenvalue weighted by Crippen LogP contribution is -2.47. The van der Waals surface area contributed by atoms with Crippen molar-refractivity contribution >= 4 is 29.1 Å². The predicted molar refractivity (Wildman–Crippen MR) is 122 cm³/mol. The number of ether oxygens (including phenoxy) is 2. The summed E-state index contributed by atoms with van der Waals surface area (Å²) in [6.07, 6.45) is 0.785. The highest BCUT2D eigenvalue weighted by Gasteiger charge is 2.25. The van der Waals surface area contributed by atoms with Gasteiger partial charge in [-0.15, -0.1) is 0 Å². The highest BCUT2D eigenvalue weighted by Crippen LogP contribution is 2.27. The predicted octanol–water partition coefficient (Wildman–Crippen LogP) is 3.23. The number of nitrogens with one attached hydrogen (secondary N) is 1. The van der Waals surface area contributed by atoms with Crippen LogP contribution in [0.5, 0.6) is 0 Å². The largest absolute Gasteiger partial charge is 0.452 e. The number of rotatable bonds is 6. The fraction of sp³-hybridized carbons (Fsp3) is 0.375. The molecule has 1 aliphatic rings. The molecule has 0 radical (unpaired) electrons. The number of carbonyl (C=O) groups excluding carboxylic acids is 3. The van der Waals surface area contributed by atoms with Crippen LogP contribution in [0.4, 0.5) is 9.18 Å². The van der Waals surface area contributed by atoms with Gasteiger partial charge >= 0.3 is 12.1 Å². The Bertz CT molecular complexity index is 1230. The molecule has 0 unspecified atom stereocenters. The molecule has 0 saturated carbocycles. The van der Waals surface area contributed by atoms with Crippen LogP contribution in [-0.4, -0.2) is 65.4 Å². The number of aryl methyl sites for hydroxylation is 1. The molecule has 184 valence electrons. The number of hydrogen-bond donors (Lipinski definition) is 1. The molecule has 2 amide bonds. The quantitative estimate of drug-likeness (QED) is 0.529. The number of benzene rings is 1. The summed E-state index contributed by atoms with van der Waals surface area (Å²) in [6, 6.07) is 7.00. The Labute approximate surface area is 200 Å². The van der Waals surface area contributed by atoms with Crippen molar-refractivity contribution < 1.29 is 32.8 Å². The molecule has 1 aliphatic heterocycles. The molecule has 0 bridgehead atoms. The van der Waals surface area contributed by atoms with E-state index in [-0.39, 0.29) is 23.4 Å². The summed E-state index contributed by atoms with van der Waals surface area (Å²) in [5.41, 5.74) is 1.67. The van der Waals surface area contributed by atoms with Crippen molar-refractivity contribution in [2.45, 2.75) is 32.7 Å². The number of carbonyl (C=O) groups is 3. The summed E-state index contributed by atoms with van der Waals surface area (Å²) in [5, 5.41) is 7.08. The number of piperidine rings is 1. The topological polar surface area (TPSA) is 124 Å². The van der Waals surface area contributed by atoms with E-state index in [1.807, 2.05) is 0 Å². The van der Waals surface area contributed by atoms with E-state index in [9.17, 15) is 18.8 Å². The van der Waals surface area contributed by atoms with Gasteiger partial charge in [0.05, 0.1) is 28.9 Å². The molecule has 1 fully saturated rings. The fourth-order valence-electron chi connectivity index (χ4n) is 3.92. The molecule has 0 atom stereocenters. The normalized spacial score (nSPS) is 14.1. The van der Waals surface area contributed by atoms with Crippen molar-refractivity contribution in [3.63, 3.8) is 0 Å². The molecule has 35 heavy (non-hydrogen) atoms. The van der Waals surface area contributed by atoms with Crippen molar-refractivity contribution in [3.8, 4) is 11.3 Å². The van der Waals surface area contributed by atoms with E-state index < -0.39 is 24.3 Å². The van der Waals surface area contributed by atoms with E-state index in [0.29, 0.717) is 54.9 Å². The third-order valence-corrected chi connectivity index (χ3v) is 5.70. The number of fused-ring (bicyclic) bond motifs is 1. The van der Waals surface area contributed by atoms with Crippen LogP contribution >= 0.6 is 0 Å². The van der Waals surface area contributed by atoms with Crippen molar-refractivity contribution in [2.24, 2.45) is 0 Å². The second-order valence-corrected chi connectivity index (χ2v) is 8.11. The Morgan fingerprint density at radius 3 is 2.57 bits per heavy atom. The van der Waals surface area contributed by atoms with Crippen molar-refractivity contribution in [2.75, 3.05) is 26.3 Å². The van der Waals surface area contributed by atoms with Gasteiger partial charge in [-0.05, 0) is 57.0 Å². The lowest BCUT2D eigenvalue weighted by Gasteiger charge is -2.31. The second kappa shape index (κ2) is 10.5. The van der Waals surface area contributed by atoms with Gasteiger partial charge in [-0.3, -0.25) is 4.79 Å². The van der Waals surface area contributed by atoms with Gasteiger partial charge in [0.1, 0.15) is 5.82 Å². The van der Waals surface area contributed by atoms with Crippen molar-refractivity contribution in [1.82, 2.24) is 20.4 Å². The van der Waals surface area contributed by atoms with Gasteiger partial charge in [-0.25, -0.2) is 19.0 Å². The van der Waals surface area contributed by atoms with Gasteiger partial charge in [0.25, 0.3) is 11.6 Å². The first kappa shape index (κ1) is 24.1. The van der Waals surface area contributed by atoms with Gasteiger partial charge in [0.15, 0.2) is 6.61 Å². The van der Waals surface area contributed by atoms with Crippen molar-refractivity contribution in [3.05, 3.63) is 47.4 Å². The number of halogens is 1. The first-order valence-corrected chi connectivity index (χ1v) is 11.3. The molecule has 1 aromatic carbocycles. The maximum atomic E-state index is 13.3. The maximum absolute atomic E-state index is 13.3. The minimum atomic E-state index is -0.737. The van der Waals surface area contributed by atoms with Crippen LogP contribution in [0.15, 0.2) is 34.9 Å². The van der Waals surface area contributed by atoms with Crippen LogP contribution in [-0.2, 0) is 14.3 Å². The van der Waals surface area contributed by atoms with E-state index in [0.717, 1.165) is 0 Å². The molecule has 4 rings (SSSR count). The van der Waals surface area contributed by atoms with E-state index >= 15 is 0 Å². The highest BCUT2D eigenvalue weighted by molar-refractivity contribution is 6.04. The van der Waals surface area contributed by atoms with Crippen molar-refractivity contribution in [1.29, 1.82) is 0 Å². The van der Waals surface area contributed by atoms with E-state index in [2.05, 4.69) is 15.5 Å². The Morgan fingerprint density at radius 2 is 1.89 bits per heavy atom. The molecule has 1 saturated heterocycles. The van der Waals surface area contributed by atoms with Gasteiger partial charge in [0, 0.05) is 24.7 Å². The smallest absolute Gasteiger partial charge is 0.409 e. The SMILES string of the molecule is CCOC(=O)N1CCC(NC(=O)COC(=O)c2cc(-c3ccc(F)cc3)nc3onc(C)c23)CC1. The fourth-order valence-corrected chi connectivity index (χ4v) is 3.92. The molecule has 0 spiro atoms. The van der Waals surface area contributed by atoms with E-state index in [4.69, 9.17) is 14.0 Å². The first-order valence-electron chi connectivity index (χ1n) is 11.3. The molecule has 2 aromatic heterocycles. The Morgan fingerprint density at radius 1 is 1.17 bits per heavy atom. The monoisotopic (exact) mass is 484 g/mol. The number of esters is 1. The van der Waals surface area contributed by atoms with E-state index in [1.54, 1.807) is 18.7 Å². The summed E-state index contributed by atoms with van der Waals surface area (Å²) in [5.74, 6) is -1.58. The molecule has 3 aromatic rings. The lowest BCUT2D eigenvalue weighted by molar-refractivity contribution is -0.125. The summed E-state index contributed by atoms with van der Waals surface area (Å²) in [7, 11) is 0. The molecule has 0 aliphatic carbocycles. The Kier molecular flexibility index (Phi) is 7.23. The van der Waals surface area contributed by atoms with Crippen LogP contribution < -0.4 is 5.32 Å². The summed E-state index contributed by atoms with van der Waals surface area (Å²) >= 11 is 0. The average molecular weight is 484 g/mol. The molecule has 3 heterocycles. The zero-order chi connectivity index (χ0) is 24.9. The van der Waals surface area contributed by atoms with Crippen LogP contribution in [0, 0.1) is 12.7 Å². The Balaban J connectivity index is 1.40. The number of likely N-dealkylation sites (tertiary alicyclic amines) is 1. The number of hydrogen-bond acceptors (Lipinski definition) is 8. The maximum Gasteiger partial charge on any atom is 0.409 e. The lowest BCUT2D eigenvalue weighted by atomic mass is 10.1. The average Bonchev–Trinajstić information content (AvgIpc) is 3.23. The van der Waals surface area contributed by atoms with Gasteiger partial charge in [-0.1, -0.05) is 5.16 Å². The summed E-state index contributed by atoms with van der Waals surface area (Å²) in [4.78, 5) is 43.1. The summed E-state index contributed by atoms with van der Waals surface area (Å²) in [6.45, 7) is 4.19. The van der Waals surface area contributed by atoms with Crippen LogP contribution in [0.2, 0.25) is 0 Å². The van der Waals surface area contributed by atoms with Crippen LogP contribution in [0.3, 0.4) is 0 Å². The van der Waals surface area contributed by atoms with Gasteiger partial charge in [0.2, 0.25) is 0 Å². The molecular formula is C24H25FN4O6. The minimum absolute atomic E-state index is 0.133. The minimum Gasteiger partial charge on any atom is -0.452 e. The number of amides is 2. The number of nitrogens with zero attached hydrogens (tertiary/aromatic N) is 3. The first-order chi connectivity index (χ1) is 16.9. The molecule has 1 N–H and O–H groups in total. The third kappa shape index (κ3) is 5.56. The zero-order valence-electron chi connectivity index (χ0n) is 19.4. The highest BCUT2D eigenvalue weighted by atomic mass is 19.1. The molecular weight excluding hydrogens is 459 g/mol. The van der Waals surface area contributed by atoms with Gasteiger partial charge in [-0.2, -0.15) is 0 Å². The molecule has 11 heteroatoms. The molecule has 10 nitrogen and oxygen atoms in total. The van der Waals surface area contributed by atoms with Crippen LogP contribution in [0.1, 0.15) is 35.8 Å².